The van der Waals surface area contributed by atoms with E-state index in [1.807, 2.05) is 45.9 Å². The van der Waals surface area contributed by atoms with Gasteiger partial charge in [0.1, 0.15) is 23.0 Å². The van der Waals surface area contributed by atoms with E-state index in [2.05, 4.69) is 4.90 Å². The Morgan fingerprint density at radius 3 is 2.35 bits per heavy atom. The van der Waals surface area contributed by atoms with Crippen molar-refractivity contribution in [2.45, 2.75) is 39.8 Å². The molecule has 1 N–H and O–H groups in total. The number of benzene rings is 2. The third-order valence-corrected chi connectivity index (χ3v) is 6.66. The van der Waals surface area contributed by atoms with Crippen LogP contribution in [0.2, 0.25) is 5.02 Å². The smallest absolute Gasteiger partial charge is 0.295 e. The van der Waals surface area contributed by atoms with E-state index in [1.54, 1.807) is 6.07 Å². The van der Waals surface area contributed by atoms with Gasteiger partial charge in [0.15, 0.2) is 0 Å². The summed E-state index contributed by atoms with van der Waals surface area (Å²) in [5.74, 6) is -0.607. The molecule has 9 heteroatoms. The lowest BCUT2D eigenvalue weighted by molar-refractivity contribution is -0.140. The van der Waals surface area contributed by atoms with Gasteiger partial charge in [-0.2, -0.15) is 0 Å². The summed E-state index contributed by atoms with van der Waals surface area (Å²) in [5, 5.41) is 11.7. The first-order chi connectivity index (χ1) is 17.7. The number of ketones is 1. The fourth-order valence-corrected chi connectivity index (χ4v) is 4.71. The Morgan fingerprint density at radius 2 is 1.76 bits per heavy atom. The van der Waals surface area contributed by atoms with E-state index in [9.17, 15) is 14.7 Å². The predicted molar refractivity (Wildman–Crippen MR) is 144 cm³/mol. The average molecular weight is 531 g/mol. The average Bonchev–Trinajstić information content (AvgIpc) is 3.13. The van der Waals surface area contributed by atoms with E-state index in [4.69, 9.17) is 25.8 Å². The van der Waals surface area contributed by atoms with Gasteiger partial charge in [0, 0.05) is 19.2 Å². The Bertz CT molecular complexity index is 1180. The Kier molecular flexibility index (Phi) is 9.45. The fraction of sp³-hybridized carbons (Fsp3) is 0.429. The normalized spacial score (nSPS) is 17.1. The molecule has 1 aliphatic rings. The van der Waals surface area contributed by atoms with E-state index >= 15 is 0 Å². The summed E-state index contributed by atoms with van der Waals surface area (Å²) < 4.78 is 16.6. The van der Waals surface area contributed by atoms with Crippen LogP contribution in [0.3, 0.4) is 0 Å². The van der Waals surface area contributed by atoms with Gasteiger partial charge in [-0.15, -0.1) is 0 Å². The lowest BCUT2D eigenvalue weighted by atomic mass is 9.94. The van der Waals surface area contributed by atoms with Crippen LogP contribution in [0, 0.1) is 0 Å². The van der Waals surface area contributed by atoms with Crippen molar-refractivity contribution < 1.29 is 28.9 Å². The molecule has 1 unspecified atom stereocenters. The van der Waals surface area contributed by atoms with Crippen LogP contribution in [-0.2, 0) is 9.59 Å². The highest BCUT2D eigenvalue weighted by molar-refractivity contribution is 6.46. The molecule has 8 nitrogen and oxygen atoms in total. The van der Waals surface area contributed by atoms with Gasteiger partial charge in [-0.25, -0.2) is 0 Å². The van der Waals surface area contributed by atoms with E-state index in [0.717, 1.165) is 13.1 Å². The number of hydrogen-bond donors (Lipinski definition) is 1. The van der Waals surface area contributed by atoms with Crippen molar-refractivity contribution in [3.63, 3.8) is 0 Å². The molecular weight excluding hydrogens is 496 g/mol. The number of ether oxygens (including phenoxy) is 3. The van der Waals surface area contributed by atoms with Crippen molar-refractivity contribution in [1.29, 1.82) is 0 Å². The number of Topliss-reactive ketones (excluding diaryl/α,β-unsaturated/α-hetero) is 1. The van der Waals surface area contributed by atoms with E-state index in [1.165, 1.54) is 31.3 Å². The van der Waals surface area contributed by atoms with Crippen LogP contribution >= 0.6 is 11.6 Å². The maximum atomic E-state index is 13.4. The van der Waals surface area contributed by atoms with Gasteiger partial charge >= 0.3 is 0 Å². The second kappa shape index (κ2) is 12.3. The molecule has 3 rings (SSSR count). The van der Waals surface area contributed by atoms with Crippen LogP contribution < -0.4 is 14.2 Å². The molecule has 0 saturated carbocycles. The molecule has 0 aromatic heterocycles. The van der Waals surface area contributed by atoms with Gasteiger partial charge in [0.05, 0.1) is 42.5 Å². The van der Waals surface area contributed by atoms with Crippen molar-refractivity contribution >= 4 is 29.1 Å². The third kappa shape index (κ3) is 6.02. The second-order valence-corrected chi connectivity index (χ2v) is 9.35. The van der Waals surface area contributed by atoms with Crippen molar-refractivity contribution in [1.82, 2.24) is 9.80 Å². The number of likely N-dealkylation sites (tertiary alicyclic amines) is 1. The molecule has 0 bridgehead atoms. The number of halogens is 1. The monoisotopic (exact) mass is 530 g/mol. The van der Waals surface area contributed by atoms with Crippen LogP contribution in [0.25, 0.3) is 5.76 Å². The van der Waals surface area contributed by atoms with Crippen LogP contribution in [0.1, 0.15) is 44.9 Å². The van der Waals surface area contributed by atoms with Crippen LogP contribution in [-0.4, -0.2) is 73.1 Å². The molecule has 0 aliphatic carbocycles. The number of amides is 1. The summed E-state index contributed by atoms with van der Waals surface area (Å²) in [4.78, 5) is 30.4. The first-order valence-corrected chi connectivity index (χ1v) is 12.7. The number of aliphatic hydroxyl groups excluding tert-OH is 1. The Balaban J connectivity index is 2.20. The summed E-state index contributed by atoms with van der Waals surface area (Å²) in [7, 11) is 2.90. The van der Waals surface area contributed by atoms with Crippen molar-refractivity contribution in [2.75, 3.05) is 40.4 Å². The van der Waals surface area contributed by atoms with Gasteiger partial charge in [-0.1, -0.05) is 37.6 Å². The van der Waals surface area contributed by atoms with Crippen LogP contribution in [0.5, 0.6) is 17.2 Å². The minimum absolute atomic E-state index is 0.0363. The fourth-order valence-electron chi connectivity index (χ4n) is 4.47. The first-order valence-electron chi connectivity index (χ1n) is 12.4. The maximum absolute atomic E-state index is 13.4. The summed E-state index contributed by atoms with van der Waals surface area (Å²) in [5.41, 5.74) is 0.803. The molecule has 0 radical (unpaired) electrons. The summed E-state index contributed by atoms with van der Waals surface area (Å²) in [6.07, 6.45) is -0.0602. The highest BCUT2D eigenvalue weighted by atomic mass is 35.5. The molecule has 37 heavy (non-hydrogen) atoms. The van der Waals surface area contributed by atoms with E-state index in [-0.39, 0.29) is 33.8 Å². The zero-order valence-corrected chi connectivity index (χ0v) is 23.0. The minimum atomic E-state index is -0.822. The van der Waals surface area contributed by atoms with E-state index in [0.29, 0.717) is 30.2 Å². The third-order valence-electron chi connectivity index (χ3n) is 6.37. The SMILES string of the molecule is CCN(CC)CCN1C(=O)C(=O)/C(=C(/O)c2cc(Cl)c(OC)cc2OC)C1c1cccc(OC(C)C)c1. The molecule has 1 aliphatic heterocycles. The van der Waals surface area contributed by atoms with Gasteiger partial charge in [0.2, 0.25) is 0 Å². The van der Waals surface area contributed by atoms with Crippen molar-refractivity contribution in [2.24, 2.45) is 0 Å². The van der Waals surface area contributed by atoms with E-state index < -0.39 is 17.7 Å². The van der Waals surface area contributed by atoms with Gasteiger partial charge in [0.25, 0.3) is 11.7 Å². The standard InChI is InChI=1S/C28H35ClN2O6/c1-7-30(8-2)12-13-31-25(18-10-9-11-19(14-18)37-17(3)4)24(27(33)28(31)34)26(32)20-15-21(29)23(36-6)16-22(20)35-5/h9-11,14-17,25,32H,7-8,12-13H2,1-6H3/b26-24+. The lowest BCUT2D eigenvalue weighted by Crippen LogP contribution is -2.38. The molecule has 1 saturated heterocycles. The highest BCUT2D eigenvalue weighted by Gasteiger charge is 2.46. The Labute approximate surface area is 223 Å². The number of nitrogens with zero attached hydrogens (tertiary/aromatic N) is 2. The molecular formula is C28H35ClN2O6. The number of aliphatic hydroxyl groups is 1. The Morgan fingerprint density at radius 1 is 1.08 bits per heavy atom. The minimum Gasteiger partial charge on any atom is -0.507 e. The molecule has 200 valence electrons. The highest BCUT2D eigenvalue weighted by Crippen LogP contribution is 2.43. The molecule has 2 aromatic carbocycles. The molecule has 1 atom stereocenters. The first kappa shape index (κ1) is 28.3. The quantitative estimate of drug-likeness (QED) is 0.251. The second-order valence-electron chi connectivity index (χ2n) is 8.95. The number of rotatable bonds is 11. The molecule has 1 heterocycles. The number of carbonyl (C=O) groups excluding carboxylic acids is 2. The maximum Gasteiger partial charge on any atom is 0.295 e. The van der Waals surface area contributed by atoms with Crippen LogP contribution in [0.4, 0.5) is 0 Å². The topological polar surface area (TPSA) is 88.5 Å². The number of carbonyl (C=O) groups is 2. The van der Waals surface area contributed by atoms with Gasteiger partial charge < -0.3 is 29.1 Å². The van der Waals surface area contributed by atoms with Crippen LogP contribution in [0.15, 0.2) is 42.0 Å². The zero-order chi connectivity index (χ0) is 27.3. The molecule has 0 spiro atoms. The van der Waals surface area contributed by atoms with Gasteiger partial charge in [-0.3, -0.25) is 9.59 Å². The summed E-state index contributed by atoms with van der Waals surface area (Å²) in [6.45, 7) is 10.4. The zero-order valence-electron chi connectivity index (χ0n) is 22.2. The van der Waals surface area contributed by atoms with Gasteiger partial charge in [-0.05, 0) is 50.7 Å². The number of hydrogen-bond acceptors (Lipinski definition) is 7. The molecule has 2 aromatic rings. The summed E-state index contributed by atoms with van der Waals surface area (Å²) >= 11 is 6.34. The van der Waals surface area contributed by atoms with Crippen molar-refractivity contribution in [3.05, 3.63) is 58.1 Å². The predicted octanol–water partition coefficient (Wildman–Crippen LogP) is 4.91. The lowest BCUT2D eigenvalue weighted by Gasteiger charge is -2.28. The molecule has 1 fully saturated rings. The number of methoxy groups -OCH3 is 2. The number of likely N-dealkylation sites (N-methyl/N-ethyl adjacent to an activating group) is 1. The van der Waals surface area contributed by atoms with Crippen molar-refractivity contribution in [3.8, 4) is 17.2 Å². The Hall–Kier alpha value is -3.23. The molecule has 1 amide bonds. The summed E-state index contributed by atoms with van der Waals surface area (Å²) in [6, 6.07) is 9.41. The largest absolute Gasteiger partial charge is 0.507 e.